The molecular weight excluding hydrogens is 479 g/mol. The monoisotopic (exact) mass is 494 g/mol. The molecule has 17 heteroatoms. The number of tetrazole rings is 1. The molecule has 2 amide bonds. The minimum Gasteiger partial charge on any atom is -0.543 e. The Morgan fingerprint density at radius 3 is 2.77 bits per heavy atom. The first kappa shape index (κ1) is 25.7. The Morgan fingerprint density at radius 2 is 2.16 bits per heavy atom. The summed E-state index contributed by atoms with van der Waals surface area (Å²) in [5, 5.41) is 33.1. The van der Waals surface area contributed by atoms with Gasteiger partial charge < -0.3 is 20.7 Å². The van der Waals surface area contributed by atoms with Gasteiger partial charge >= 0.3 is 29.6 Å². The molecule has 0 aliphatic carbocycles. The summed E-state index contributed by atoms with van der Waals surface area (Å²) in [5.41, 5.74) is 0.453. The van der Waals surface area contributed by atoms with Crippen molar-refractivity contribution in [2.45, 2.75) is 29.2 Å². The number of thioether (sulfide) groups is 2. The number of carbonyl (C=O) groups excluding carboxylic acids is 3. The Hall–Kier alpha value is -1.56. The van der Waals surface area contributed by atoms with Crippen LogP contribution in [0.1, 0.15) is 5.01 Å². The SMILES string of the molecule is Cc1nnc(SCC2=C(C(=O)[O-])N3C(=O)[C@@H](NC(=O)Cn4cnnn4)[C@H]3SC2)s1.O.[Na+]. The summed E-state index contributed by atoms with van der Waals surface area (Å²) in [6.45, 7) is 1.70. The van der Waals surface area contributed by atoms with E-state index in [9.17, 15) is 19.5 Å². The van der Waals surface area contributed by atoms with E-state index in [2.05, 4.69) is 31.0 Å². The van der Waals surface area contributed by atoms with Crippen molar-refractivity contribution < 1.29 is 54.5 Å². The molecule has 1 fully saturated rings. The number of β-lactam (4-membered cyclic amide) rings is 1. The summed E-state index contributed by atoms with van der Waals surface area (Å²) in [5.74, 6) is -1.57. The normalized spacial score (nSPS) is 19.6. The summed E-state index contributed by atoms with van der Waals surface area (Å²) in [4.78, 5) is 37.6. The second-order valence-electron chi connectivity index (χ2n) is 6.08. The third-order valence-electron chi connectivity index (χ3n) is 4.13. The molecule has 0 radical (unpaired) electrons. The number of hydrogen-bond acceptors (Lipinski definition) is 12. The molecule has 1 saturated heterocycles. The maximum atomic E-state index is 12.6. The van der Waals surface area contributed by atoms with Gasteiger partial charge in [-0.05, 0) is 22.9 Å². The van der Waals surface area contributed by atoms with E-state index in [1.165, 1.54) is 50.8 Å². The molecule has 0 saturated carbocycles. The summed E-state index contributed by atoms with van der Waals surface area (Å²) in [6, 6.07) is -0.807. The number of fused-ring (bicyclic) bond motifs is 1. The molecule has 0 aromatic carbocycles. The van der Waals surface area contributed by atoms with Gasteiger partial charge in [-0.2, -0.15) is 0 Å². The number of nitrogens with one attached hydrogen (secondary N) is 1. The van der Waals surface area contributed by atoms with E-state index in [0.717, 1.165) is 9.35 Å². The van der Waals surface area contributed by atoms with Gasteiger partial charge in [0.05, 0.1) is 11.7 Å². The van der Waals surface area contributed by atoms with Crippen LogP contribution in [0.25, 0.3) is 0 Å². The molecule has 2 aliphatic heterocycles. The van der Waals surface area contributed by atoms with Crippen molar-refractivity contribution in [3.8, 4) is 0 Å². The molecule has 160 valence electrons. The summed E-state index contributed by atoms with van der Waals surface area (Å²) < 4.78 is 1.95. The van der Waals surface area contributed by atoms with Crippen LogP contribution in [0.4, 0.5) is 0 Å². The van der Waals surface area contributed by atoms with Crippen LogP contribution in [0, 0.1) is 6.92 Å². The second-order valence-corrected chi connectivity index (χ2v) is 9.59. The molecule has 0 unspecified atom stereocenters. The average molecular weight is 495 g/mol. The van der Waals surface area contributed by atoms with Gasteiger partial charge in [-0.1, -0.05) is 23.1 Å². The van der Waals surface area contributed by atoms with Crippen molar-refractivity contribution >= 4 is 52.6 Å². The molecule has 2 aromatic rings. The van der Waals surface area contributed by atoms with Crippen molar-refractivity contribution in [1.82, 2.24) is 40.6 Å². The van der Waals surface area contributed by atoms with Crippen molar-refractivity contribution in [1.29, 1.82) is 0 Å². The average Bonchev–Trinajstić information content (AvgIpc) is 3.35. The summed E-state index contributed by atoms with van der Waals surface area (Å²) in [7, 11) is 0. The predicted octanol–water partition coefficient (Wildman–Crippen LogP) is -5.79. The maximum absolute atomic E-state index is 12.6. The van der Waals surface area contributed by atoms with Gasteiger partial charge in [0, 0.05) is 11.5 Å². The van der Waals surface area contributed by atoms with Crippen LogP contribution < -0.4 is 40.0 Å². The zero-order valence-electron chi connectivity index (χ0n) is 16.3. The van der Waals surface area contributed by atoms with Crippen LogP contribution in [-0.2, 0) is 20.9 Å². The van der Waals surface area contributed by atoms with Gasteiger partial charge in [0.25, 0.3) is 5.91 Å². The number of carbonyl (C=O) groups is 3. The van der Waals surface area contributed by atoms with E-state index in [-0.39, 0.29) is 47.3 Å². The number of carboxylic acids is 1. The van der Waals surface area contributed by atoms with E-state index >= 15 is 0 Å². The van der Waals surface area contributed by atoms with E-state index in [4.69, 9.17) is 0 Å². The van der Waals surface area contributed by atoms with Crippen molar-refractivity contribution in [2.24, 2.45) is 0 Å². The number of nitrogens with zero attached hydrogens (tertiary/aromatic N) is 7. The molecule has 0 spiro atoms. The van der Waals surface area contributed by atoms with Gasteiger partial charge in [-0.3, -0.25) is 14.5 Å². The van der Waals surface area contributed by atoms with Crippen LogP contribution >= 0.6 is 34.9 Å². The van der Waals surface area contributed by atoms with Gasteiger partial charge in [-0.25, -0.2) is 4.68 Å². The van der Waals surface area contributed by atoms with Crippen LogP contribution in [0.3, 0.4) is 0 Å². The first-order chi connectivity index (χ1) is 13.9. The topological polar surface area (TPSA) is 190 Å². The van der Waals surface area contributed by atoms with Gasteiger partial charge in [0.15, 0.2) is 4.34 Å². The fourth-order valence-electron chi connectivity index (χ4n) is 2.89. The Balaban J connectivity index is 0.00000171. The maximum Gasteiger partial charge on any atom is 1.00 e. The van der Waals surface area contributed by atoms with Crippen LogP contribution in [0.5, 0.6) is 0 Å². The van der Waals surface area contributed by atoms with E-state index in [0.29, 0.717) is 17.1 Å². The van der Waals surface area contributed by atoms with Gasteiger partial charge in [0.2, 0.25) is 5.91 Å². The molecule has 13 nitrogen and oxygen atoms in total. The van der Waals surface area contributed by atoms with Crippen LogP contribution in [0.15, 0.2) is 21.9 Å². The Morgan fingerprint density at radius 1 is 1.39 bits per heavy atom. The number of aryl methyl sites for hydroxylation is 1. The fraction of sp³-hybridized carbons (Fsp3) is 0.429. The third kappa shape index (κ3) is 5.44. The van der Waals surface area contributed by atoms with Crippen molar-refractivity contribution in [3.05, 3.63) is 22.6 Å². The predicted molar refractivity (Wildman–Crippen MR) is 104 cm³/mol. The fourth-order valence-corrected chi connectivity index (χ4v) is 6.19. The molecule has 2 atom stereocenters. The van der Waals surface area contributed by atoms with E-state index in [1.54, 1.807) is 0 Å². The Bertz CT molecular complexity index is 1000. The summed E-state index contributed by atoms with van der Waals surface area (Å²) in [6.07, 6.45) is 1.28. The van der Waals surface area contributed by atoms with Crippen molar-refractivity contribution in [3.63, 3.8) is 0 Å². The van der Waals surface area contributed by atoms with Crippen molar-refractivity contribution in [2.75, 3.05) is 11.5 Å². The number of aliphatic carboxylic acids is 1. The molecule has 3 N–H and O–H groups in total. The smallest absolute Gasteiger partial charge is 0.543 e. The molecule has 4 heterocycles. The molecule has 31 heavy (non-hydrogen) atoms. The quantitative estimate of drug-likeness (QED) is 0.219. The van der Waals surface area contributed by atoms with Gasteiger partial charge in [-0.15, -0.1) is 27.1 Å². The number of hydrogen-bond donors (Lipinski definition) is 1. The van der Waals surface area contributed by atoms with Gasteiger partial charge in [0.1, 0.15) is 29.3 Å². The van der Waals surface area contributed by atoms with E-state index in [1.807, 2.05) is 6.92 Å². The first-order valence-corrected chi connectivity index (χ1v) is 11.1. The van der Waals surface area contributed by atoms with E-state index < -0.39 is 29.2 Å². The number of carboxylic acid groups (broad SMARTS) is 1. The molecule has 2 aromatic heterocycles. The standard InChI is InChI=1S/C14H14N8O4S3.Na.H2O/c1-6-17-18-14(29-6)28-4-7-3-27-12-9(11(24)22(12)10(7)13(25)26)16-8(23)2-21-5-15-19-20-21;;/h5,9,12H,2-4H2,1H3,(H,16,23)(H,25,26);;1H2/q;+1;/p-1/t9-,12-;;/m1../s1. The minimum absolute atomic E-state index is 0. The molecule has 0 bridgehead atoms. The minimum atomic E-state index is -1.41. The number of rotatable bonds is 7. The number of amides is 2. The number of aromatic nitrogens is 6. The zero-order chi connectivity index (χ0) is 20.5. The first-order valence-electron chi connectivity index (χ1n) is 8.25. The molecule has 2 aliphatic rings. The summed E-state index contributed by atoms with van der Waals surface area (Å²) >= 11 is 4.17. The van der Waals surface area contributed by atoms with Crippen LogP contribution in [0.2, 0.25) is 0 Å². The zero-order valence-corrected chi connectivity index (χ0v) is 20.8. The Kier molecular flexibility index (Phi) is 8.99. The molecule has 4 rings (SSSR count). The second kappa shape index (κ2) is 10.8. The third-order valence-corrected chi connectivity index (χ3v) is 7.53. The largest absolute Gasteiger partial charge is 1.00 e. The van der Waals surface area contributed by atoms with Crippen LogP contribution in [-0.4, -0.2) is 81.5 Å². The molecular formula is C14H15N8NaO5S3. The Labute approximate surface area is 210 Å².